The first-order chi connectivity index (χ1) is 5.77. The second kappa shape index (κ2) is 4.52. The molecule has 72 valence electrons. The summed E-state index contributed by atoms with van der Waals surface area (Å²) in [5.41, 5.74) is 1.23. The molecule has 1 aromatic carbocycles. The van der Waals surface area contributed by atoms with Crippen LogP contribution in [0.3, 0.4) is 0 Å². The van der Waals surface area contributed by atoms with Crippen LogP contribution in [-0.2, 0) is 0 Å². The lowest BCUT2D eigenvalue weighted by Gasteiger charge is -2.28. The zero-order valence-electron chi connectivity index (χ0n) is 6.89. The van der Waals surface area contributed by atoms with Crippen molar-refractivity contribution in [2.75, 3.05) is 6.54 Å². The van der Waals surface area contributed by atoms with Gasteiger partial charge in [-0.3, -0.25) is 0 Å². The van der Waals surface area contributed by atoms with Crippen molar-refractivity contribution < 1.29 is 0 Å². The van der Waals surface area contributed by atoms with Crippen LogP contribution in [0.1, 0.15) is 18.0 Å². The van der Waals surface area contributed by atoms with Gasteiger partial charge in [0, 0.05) is 6.04 Å². The Labute approximate surface area is 93.8 Å². The first-order valence-electron chi connectivity index (χ1n) is 3.96. The van der Waals surface area contributed by atoms with Crippen molar-refractivity contribution in [3.8, 4) is 0 Å². The monoisotopic (exact) mass is 237 g/mol. The van der Waals surface area contributed by atoms with Crippen LogP contribution in [-0.4, -0.2) is 6.54 Å². The molecular formula is C9H10Cl3N. The SMILES string of the molecule is Cl.Clc1ccc([C@@H]2CCN2)cc1Cl. The van der Waals surface area contributed by atoms with Crippen molar-refractivity contribution in [3.05, 3.63) is 33.8 Å². The molecule has 4 heteroatoms. The fourth-order valence-electron chi connectivity index (χ4n) is 1.30. The highest BCUT2D eigenvalue weighted by molar-refractivity contribution is 6.42. The van der Waals surface area contributed by atoms with Crippen LogP contribution in [0.2, 0.25) is 10.0 Å². The summed E-state index contributed by atoms with van der Waals surface area (Å²) in [5.74, 6) is 0. The van der Waals surface area contributed by atoms with Gasteiger partial charge in [-0.15, -0.1) is 12.4 Å². The fraction of sp³-hybridized carbons (Fsp3) is 0.333. The Morgan fingerprint density at radius 2 is 1.92 bits per heavy atom. The molecule has 2 rings (SSSR count). The molecule has 0 unspecified atom stereocenters. The van der Waals surface area contributed by atoms with Gasteiger partial charge in [0.05, 0.1) is 10.0 Å². The predicted molar refractivity (Wildman–Crippen MR) is 59.1 cm³/mol. The van der Waals surface area contributed by atoms with Crippen LogP contribution in [0.4, 0.5) is 0 Å². The largest absolute Gasteiger partial charge is 0.310 e. The molecule has 1 N–H and O–H groups in total. The van der Waals surface area contributed by atoms with Gasteiger partial charge in [-0.25, -0.2) is 0 Å². The van der Waals surface area contributed by atoms with E-state index in [1.807, 2.05) is 18.2 Å². The van der Waals surface area contributed by atoms with Crippen molar-refractivity contribution >= 4 is 35.6 Å². The summed E-state index contributed by atoms with van der Waals surface area (Å²) < 4.78 is 0. The molecule has 0 saturated carbocycles. The second-order valence-electron chi connectivity index (χ2n) is 2.97. The quantitative estimate of drug-likeness (QED) is 0.790. The third-order valence-electron chi connectivity index (χ3n) is 2.17. The summed E-state index contributed by atoms with van der Waals surface area (Å²) in [4.78, 5) is 0. The summed E-state index contributed by atoms with van der Waals surface area (Å²) in [6, 6.07) is 6.28. The van der Waals surface area contributed by atoms with Gasteiger partial charge >= 0.3 is 0 Å². The highest BCUT2D eigenvalue weighted by atomic mass is 35.5. The number of rotatable bonds is 1. The van der Waals surface area contributed by atoms with E-state index >= 15 is 0 Å². The Bertz CT molecular complexity index is 297. The van der Waals surface area contributed by atoms with E-state index in [-0.39, 0.29) is 12.4 Å². The van der Waals surface area contributed by atoms with Crippen LogP contribution in [0, 0.1) is 0 Å². The molecule has 1 nitrogen and oxygen atoms in total. The normalized spacial score (nSPS) is 20.3. The molecule has 1 saturated heterocycles. The Balaban J connectivity index is 0.000000845. The lowest BCUT2D eigenvalue weighted by atomic mass is 9.98. The van der Waals surface area contributed by atoms with E-state index in [4.69, 9.17) is 23.2 Å². The molecule has 1 aromatic rings. The Morgan fingerprint density at radius 1 is 1.23 bits per heavy atom. The number of nitrogens with one attached hydrogen (secondary N) is 1. The first-order valence-corrected chi connectivity index (χ1v) is 4.71. The van der Waals surface area contributed by atoms with Crippen molar-refractivity contribution in [2.45, 2.75) is 12.5 Å². The van der Waals surface area contributed by atoms with E-state index in [0.29, 0.717) is 16.1 Å². The average Bonchev–Trinajstić information content (AvgIpc) is 1.93. The number of halogens is 3. The van der Waals surface area contributed by atoms with Crippen molar-refractivity contribution in [2.24, 2.45) is 0 Å². The zero-order valence-corrected chi connectivity index (χ0v) is 9.22. The molecule has 0 bridgehead atoms. The Morgan fingerprint density at radius 3 is 2.38 bits per heavy atom. The minimum absolute atomic E-state index is 0. The molecule has 0 amide bonds. The highest BCUT2D eigenvalue weighted by Crippen LogP contribution is 2.29. The van der Waals surface area contributed by atoms with Gasteiger partial charge in [0.15, 0.2) is 0 Å². The molecule has 0 spiro atoms. The van der Waals surface area contributed by atoms with Gasteiger partial charge in [0.1, 0.15) is 0 Å². The molecule has 1 aliphatic rings. The first kappa shape index (κ1) is 11.1. The summed E-state index contributed by atoms with van der Waals surface area (Å²) in [6.45, 7) is 1.10. The van der Waals surface area contributed by atoms with E-state index in [2.05, 4.69) is 5.32 Å². The third-order valence-corrected chi connectivity index (χ3v) is 2.91. The molecule has 1 aliphatic heterocycles. The van der Waals surface area contributed by atoms with Gasteiger partial charge in [0.2, 0.25) is 0 Å². The topological polar surface area (TPSA) is 12.0 Å². The number of hydrogen-bond acceptors (Lipinski definition) is 1. The van der Waals surface area contributed by atoms with Crippen LogP contribution in [0.5, 0.6) is 0 Å². The van der Waals surface area contributed by atoms with Crippen molar-refractivity contribution in [3.63, 3.8) is 0 Å². The second-order valence-corrected chi connectivity index (χ2v) is 3.78. The lowest BCUT2D eigenvalue weighted by Crippen LogP contribution is -2.34. The molecule has 1 atom stereocenters. The van der Waals surface area contributed by atoms with Gasteiger partial charge in [-0.05, 0) is 30.7 Å². The minimum atomic E-state index is 0. The average molecular weight is 239 g/mol. The van der Waals surface area contributed by atoms with E-state index in [0.717, 1.165) is 6.54 Å². The van der Waals surface area contributed by atoms with Crippen molar-refractivity contribution in [1.82, 2.24) is 5.32 Å². The summed E-state index contributed by atoms with van der Waals surface area (Å²) >= 11 is 11.7. The van der Waals surface area contributed by atoms with E-state index in [1.165, 1.54) is 12.0 Å². The number of benzene rings is 1. The molecular weight excluding hydrogens is 228 g/mol. The molecule has 0 radical (unpaired) electrons. The highest BCUT2D eigenvalue weighted by Gasteiger charge is 2.18. The fourth-order valence-corrected chi connectivity index (χ4v) is 1.61. The van der Waals surface area contributed by atoms with E-state index < -0.39 is 0 Å². The maximum atomic E-state index is 5.88. The van der Waals surface area contributed by atoms with Gasteiger partial charge in [0.25, 0.3) is 0 Å². The zero-order chi connectivity index (χ0) is 8.55. The molecule has 1 fully saturated rings. The van der Waals surface area contributed by atoms with Crippen LogP contribution < -0.4 is 5.32 Å². The third kappa shape index (κ3) is 2.29. The van der Waals surface area contributed by atoms with Crippen LogP contribution in [0.25, 0.3) is 0 Å². The van der Waals surface area contributed by atoms with Crippen LogP contribution in [0.15, 0.2) is 18.2 Å². The Hall–Kier alpha value is 0.0500. The van der Waals surface area contributed by atoms with E-state index in [1.54, 1.807) is 0 Å². The van der Waals surface area contributed by atoms with Crippen LogP contribution >= 0.6 is 35.6 Å². The smallest absolute Gasteiger partial charge is 0.0595 e. The van der Waals surface area contributed by atoms with Crippen molar-refractivity contribution in [1.29, 1.82) is 0 Å². The molecule has 13 heavy (non-hydrogen) atoms. The molecule has 0 aromatic heterocycles. The van der Waals surface area contributed by atoms with Gasteiger partial charge < -0.3 is 5.32 Å². The summed E-state index contributed by atoms with van der Waals surface area (Å²) in [5, 5.41) is 4.57. The minimum Gasteiger partial charge on any atom is -0.310 e. The Kier molecular flexibility index (Phi) is 3.87. The maximum absolute atomic E-state index is 5.88. The van der Waals surface area contributed by atoms with Gasteiger partial charge in [-0.2, -0.15) is 0 Å². The predicted octanol–water partition coefficient (Wildman–Crippen LogP) is 3.45. The number of hydrogen-bond donors (Lipinski definition) is 1. The summed E-state index contributed by atoms with van der Waals surface area (Å²) in [7, 11) is 0. The van der Waals surface area contributed by atoms with E-state index in [9.17, 15) is 0 Å². The molecule has 1 heterocycles. The van der Waals surface area contributed by atoms with Gasteiger partial charge in [-0.1, -0.05) is 29.3 Å². The lowest BCUT2D eigenvalue weighted by molar-refractivity contribution is 0.383. The summed E-state index contributed by atoms with van der Waals surface area (Å²) in [6.07, 6.45) is 1.19. The molecule has 0 aliphatic carbocycles. The maximum Gasteiger partial charge on any atom is 0.0595 e. The standard InChI is InChI=1S/C9H9Cl2N.ClH/c10-7-2-1-6(5-8(7)11)9-3-4-12-9;/h1-2,5,9,12H,3-4H2;1H/t9-;/m0./s1.